The van der Waals surface area contributed by atoms with E-state index < -0.39 is 0 Å². The minimum Gasteiger partial charge on any atom is -0.497 e. The molecule has 0 radical (unpaired) electrons. The molecule has 3 unspecified atom stereocenters. The Kier molecular flexibility index (Phi) is 4.83. The number of likely N-dealkylation sites (tertiary alicyclic amines) is 1. The van der Waals surface area contributed by atoms with Crippen molar-refractivity contribution in [2.75, 3.05) is 20.2 Å². The molecule has 1 saturated heterocycles. The van der Waals surface area contributed by atoms with Crippen LogP contribution in [0.15, 0.2) is 24.3 Å². The molecule has 2 N–H and O–H groups in total. The van der Waals surface area contributed by atoms with E-state index in [-0.39, 0.29) is 0 Å². The largest absolute Gasteiger partial charge is 0.497 e. The lowest BCUT2D eigenvalue weighted by atomic mass is 9.93. The van der Waals surface area contributed by atoms with Crippen molar-refractivity contribution in [2.45, 2.75) is 38.8 Å². The molecule has 1 aliphatic heterocycles. The summed E-state index contributed by atoms with van der Waals surface area (Å²) < 4.78 is 5.19. The van der Waals surface area contributed by atoms with Gasteiger partial charge >= 0.3 is 0 Å². The van der Waals surface area contributed by atoms with Crippen LogP contribution in [0.25, 0.3) is 0 Å². The van der Waals surface area contributed by atoms with Crippen molar-refractivity contribution < 1.29 is 4.74 Å². The lowest BCUT2D eigenvalue weighted by Gasteiger charge is -2.38. The standard InChI is InChI=1S/C16H26N2O/c1-12-11-18(9-8-16(12)17)13(2)10-14-4-6-15(19-3)7-5-14/h4-7,12-13,16H,8-11,17H2,1-3H3. The van der Waals surface area contributed by atoms with Crippen LogP contribution in [0.1, 0.15) is 25.8 Å². The van der Waals surface area contributed by atoms with Gasteiger partial charge in [0.1, 0.15) is 5.75 Å². The third-order valence-corrected chi connectivity index (χ3v) is 4.32. The minimum atomic E-state index is 0.379. The molecule has 0 amide bonds. The first-order valence-corrected chi connectivity index (χ1v) is 7.22. The molecule has 0 spiro atoms. The van der Waals surface area contributed by atoms with Gasteiger partial charge in [-0.2, -0.15) is 0 Å². The quantitative estimate of drug-likeness (QED) is 0.905. The molecule has 106 valence electrons. The highest BCUT2D eigenvalue weighted by Crippen LogP contribution is 2.20. The molecule has 3 atom stereocenters. The number of hydrogen-bond donors (Lipinski definition) is 1. The Balaban J connectivity index is 1.91. The maximum absolute atomic E-state index is 6.08. The Labute approximate surface area is 116 Å². The van der Waals surface area contributed by atoms with Crippen molar-refractivity contribution >= 4 is 0 Å². The van der Waals surface area contributed by atoms with Gasteiger partial charge in [-0.3, -0.25) is 4.90 Å². The first-order valence-electron chi connectivity index (χ1n) is 7.22. The third kappa shape index (κ3) is 3.71. The van der Waals surface area contributed by atoms with Gasteiger partial charge in [0.2, 0.25) is 0 Å². The van der Waals surface area contributed by atoms with Crippen LogP contribution in [-0.4, -0.2) is 37.2 Å². The second kappa shape index (κ2) is 6.40. The average Bonchev–Trinajstić information content (AvgIpc) is 2.42. The van der Waals surface area contributed by atoms with Gasteiger partial charge in [-0.1, -0.05) is 19.1 Å². The topological polar surface area (TPSA) is 38.5 Å². The van der Waals surface area contributed by atoms with E-state index in [1.807, 2.05) is 12.1 Å². The van der Waals surface area contributed by atoms with E-state index in [1.54, 1.807) is 7.11 Å². The molecule has 2 rings (SSSR count). The smallest absolute Gasteiger partial charge is 0.118 e. The summed E-state index contributed by atoms with van der Waals surface area (Å²) in [6.07, 6.45) is 2.21. The van der Waals surface area contributed by atoms with Crippen LogP contribution in [0.3, 0.4) is 0 Å². The number of rotatable bonds is 4. The van der Waals surface area contributed by atoms with E-state index in [2.05, 4.69) is 30.9 Å². The molecule has 19 heavy (non-hydrogen) atoms. The van der Waals surface area contributed by atoms with Gasteiger partial charge in [-0.25, -0.2) is 0 Å². The summed E-state index contributed by atoms with van der Waals surface area (Å²) in [4.78, 5) is 2.57. The number of ether oxygens (including phenoxy) is 1. The Morgan fingerprint density at radius 3 is 2.63 bits per heavy atom. The number of nitrogens with zero attached hydrogens (tertiary/aromatic N) is 1. The van der Waals surface area contributed by atoms with E-state index in [0.29, 0.717) is 18.0 Å². The Hall–Kier alpha value is -1.06. The first-order chi connectivity index (χ1) is 9.10. The first kappa shape index (κ1) is 14.4. The number of methoxy groups -OCH3 is 1. The molecule has 1 aromatic carbocycles. The summed E-state index contributed by atoms with van der Waals surface area (Å²) >= 11 is 0. The van der Waals surface area contributed by atoms with Crippen LogP contribution in [0.4, 0.5) is 0 Å². The van der Waals surface area contributed by atoms with E-state index in [0.717, 1.165) is 31.7 Å². The number of benzene rings is 1. The number of nitrogens with two attached hydrogens (primary N) is 1. The van der Waals surface area contributed by atoms with Gasteiger partial charge in [0.05, 0.1) is 7.11 Å². The molecule has 3 nitrogen and oxygen atoms in total. The predicted molar refractivity (Wildman–Crippen MR) is 79.5 cm³/mol. The van der Waals surface area contributed by atoms with Gasteiger partial charge in [0.25, 0.3) is 0 Å². The lowest BCUT2D eigenvalue weighted by molar-refractivity contribution is 0.123. The predicted octanol–water partition coefficient (Wildman–Crippen LogP) is 2.30. The highest BCUT2D eigenvalue weighted by molar-refractivity contribution is 5.27. The zero-order valence-electron chi connectivity index (χ0n) is 12.3. The second-order valence-corrected chi connectivity index (χ2v) is 5.83. The molecule has 0 aromatic heterocycles. The third-order valence-electron chi connectivity index (χ3n) is 4.32. The molecule has 1 aromatic rings. The van der Waals surface area contributed by atoms with Gasteiger partial charge in [0, 0.05) is 18.6 Å². The van der Waals surface area contributed by atoms with Gasteiger partial charge < -0.3 is 10.5 Å². The summed E-state index contributed by atoms with van der Waals surface area (Å²) in [6, 6.07) is 9.35. The lowest BCUT2D eigenvalue weighted by Crippen LogP contribution is -2.49. The van der Waals surface area contributed by atoms with Crippen molar-refractivity contribution in [3.05, 3.63) is 29.8 Å². The Morgan fingerprint density at radius 2 is 2.05 bits per heavy atom. The van der Waals surface area contributed by atoms with Crippen molar-refractivity contribution in [1.82, 2.24) is 4.90 Å². The maximum atomic E-state index is 6.08. The highest BCUT2D eigenvalue weighted by Gasteiger charge is 2.25. The SMILES string of the molecule is COc1ccc(CC(C)N2CCC(N)C(C)C2)cc1. The fourth-order valence-corrected chi connectivity index (χ4v) is 2.83. The van der Waals surface area contributed by atoms with Gasteiger partial charge in [-0.15, -0.1) is 0 Å². The van der Waals surface area contributed by atoms with Crippen molar-refractivity contribution in [3.63, 3.8) is 0 Å². The van der Waals surface area contributed by atoms with Crippen molar-refractivity contribution in [3.8, 4) is 5.75 Å². The molecule has 1 aliphatic rings. The number of piperidine rings is 1. The zero-order valence-corrected chi connectivity index (χ0v) is 12.3. The van der Waals surface area contributed by atoms with E-state index in [9.17, 15) is 0 Å². The molecular weight excluding hydrogens is 236 g/mol. The maximum Gasteiger partial charge on any atom is 0.118 e. The van der Waals surface area contributed by atoms with Crippen LogP contribution >= 0.6 is 0 Å². The van der Waals surface area contributed by atoms with Crippen LogP contribution < -0.4 is 10.5 Å². The van der Waals surface area contributed by atoms with E-state index in [1.165, 1.54) is 5.56 Å². The molecule has 1 heterocycles. The fourth-order valence-electron chi connectivity index (χ4n) is 2.83. The van der Waals surface area contributed by atoms with Crippen LogP contribution in [0.2, 0.25) is 0 Å². The normalized spacial score (nSPS) is 26.1. The highest BCUT2D eigenvalue weighted by atomic mass is 16.5. The Morgan fingerprint density at radius 1 is 1.37 bits per heavy atom. The van der Waals surface area contributed by atoms with Crippen molar-refractivity contribution in [2.24, 2.45) is 11.7 Å². The summed E-state index contributed by atoms with van der Waals surface area (Å²) in [5, 5.41) is 0. The monoisotopic (exact) mass is 262 g/mol. The Bertz CT molecular complexity index is 390. The summed E-state index contributed by atoms with van der Waals surface area (Å²) in [6.45, 7) is 6.83. The van der Waals surface area contributed by atoms with E-state index in [4.69, 9.17) is 10.5 Å². The van der Waals surface area contributed by atoms with E-state index >= 15 is 0 Å². The summed E-state index contributed by atoms with van der Waals surface area (Å²) in [7, 11) is 1.70. The molecule has 3 heteroatoms. The summed E-state index contributed by atoms with van der Waals surface area (Å²) in [5.41, 5.74) is 7.46. The summed E-state index contributed by atoms with van der Waals surface area (Å²) in [5.74, 6) is 1.53. The molecule has 1 fully saturated rings. The van der Waals surface area contributed by atoms with Crippen LogP contribution in [0, 0.1) is 5.92 Å². The fraction of sp³-hybridized carbons (Fsp3) is 0.625. The van der Waals surface area contributed by atoms with Gasteiger partial charge in [0.15, 0.2) is 0 Å². The molecule has 0 bridgehead atoms. The van der Waals surface area contributed by atoms with Crippen molar-refractivity contribution in [1.29, 1.82) is 0 Å². The van der Waals surface area contributed by atoms with Crippen LogP contribution in [0.5, 0.6) is 5.75 Å². The van der Waals surface area contributed by atoms with Gasteiger partial charge in [-0.05, 0) is 49.9 Å². The minimum absolute atomic E-state index is 0.379. The van der Waals surface area contributed by atoms with Crippen LogP contribution in [-0.2, 0) is 6.42 Å². The molecule has 0 saturated carbocycles. The number of hydrogen-bond acceptors (Lipinski definition) is 3. The zero-order chi connectivity index (χ0) is 13.8. The molecule has 0 aliphatic carbocycles. The second-order valence-electron chi connectivity index (χ2n) is 5.83. The molecular formula is C16H26N2O. The average molecular weight is 262 g/mol.